The van der Waals surface area contributed by atoms with Gasteiger partial charge in [-0.1, -0.05) is 11.6 Å². The average molecular weight is 211 g/mol. The predicted molar refractivity (Wildman–Crippen MR) is 53.8 cm³/mol. The topological polar surface area (TPSA) is 17.1 Å². The van der Waals surface area contributed by atoms with Gasteiger partial charge in [-0.25, -0.2) is 4.39 Å². The maximum atomic E-state index is 13.0. The number of hydrogen-bond acceptors (Lipinski definition) is 1. The van der Waals surface area contributed by atoms with Crippen LogP contribution in [0.25, 0.3) is 5.57 Å². The van der Waals surface area contributed by atoms with E-state index in [0.29, 0.717) is 5.02 Å². The number of hydrogen-bond donors (Lipinski definition) is 0. The molecule has 1 aromatic rings. The maximum absolute atomic E-state index is 13.0. The Morgan fingerprint density at radius 2 is 2.14 bits per heavy atom. The number of halogens is 2. The summed E-state index contributed by atoms with van der Waals surface area (Å²) in [6, 6.07) is 2.74. The summed E-state index contributed by atoms with van der Waals surface area (Å²) in [5.41, 5.74) is 2.60. The van der Waals surface area contributed by atoms with E-state index in [1.807, 2.05) is 0 Å². The van der Waals surface area contributed by atoms with Gasteiger partial charge in [0.2, 0.25) is 0 Å². The first kappa shape index (κ1) is 9.41. The van der Waals surface area contributed by atoms with Gasteiger partial charge in [-0.3, -0.25) is 4.79 Å². The molecule has 0 aromatic heterocycles. The van der Waals surface area contributed by atoms with Gasteiger partial charge < -0.3 is 0 Å². The molecule has 1 aliphatic carbocycles. The van der Waals surface area contributed by atoms with E-state index in [1.54, 1.807) is 0 Å². The third-order valence-electron chi connectivity index (χ3n) is 2.42. The summed E-state index contributed by atoms with van der Waals surface area (Å²) < 4.78 is 13.0. The molecule has 0 atom stereocenters. The van der Waals surface area contributed by atoms with Crippen molar-refractivity contribution < 1.29 is 9.18 Å². The van der Waals surface area contributed by atoms with Crippen LogP contribution in [0, 0.1) is 5.82 Å². The zero-order valence-corrected chi connectivity index (χ0v) is 8.14. The summed E-state index contributed by atoms with van der Waals surface area (Å²) in [6.07, 6.45) is 3.75. The first-order valence-corrected chi connectivity index (χ1v) is 4.73. The van der Waals surface area contributed by atoms with Crippen molar-refractivity contribution in [2.75, 3.05) is 0 Å². The van der Waals surface area contributed by atoms with E-state index in [1.165, 1.54) is 18.2 Å². The second kappa shape index (κ2) is 3.54. The maximum Gasteiger partial charge on any atom is 0.143 e. The highest BCUT2D eigenvalue weighted by Crippen LogP contribution is 2.36. The van der Waals surface area contributed by atoms with Gasteiger partial charge in [-0.2, -0.15) is 0 Å². The number of allylic oxidation sites excluding steroid dienone is 2. The molecule has 0 heterocycles. The Kier molecular flexibility index (Phi) is 2.38. The molecule has 1 aromatic carbocycles. The zero-order valence-electron chi connectivity index (χ0n) is 7.39. The summed E-state index contributed by atoms with van der Waals surface area (Å²) in [6.45, 7) is 0. The van der Waals surface area contributed by atoms with Gasteiger partial charge in [0.05, 0.1) is 0 Å². The summed E-state index contributed by atoms with van der Waals surface area (Å²) >= 11 is 5.88. The lowest BCUT2D eigenvalue weighted by Crippen LogP contribution is -1.86. The second-order valence-electron chi connectivity index (χ2n) is 3.24. The Labute approximate surface area is 86.2 Å². The fourth-order valence-corrected chi connectivity index (χ4v) is 2.09. The van der Waals surface area contributed by atoms with Crippen LogP contribution in [0.5, 0.6) is 0 Å². The molecule has 0 radical (unpaired) electrons. The Hall–Kier alpha value is -1.15. The third kappa shape index (κ3) is 1.46. The van der Waals surface area contributed by atoms with Crippen LogP contribution >= 0.6 is 11.6 Å². The van der Waals surface area contributed by atoms with Crippen LogP contribution in [0.2, 0.25) is 5.02 Å². The highest BCUT2D eigenvalue weighted by Gasteiger charge is 2.19. The van der Waals surface area contributed by atoms with Gasteiger partial charge >= 0.3 is 0 Å². The van der Waals surface area contributed by atoms with E-state index in [0.717, 1.165) is 35.8 Å². The monoisotopic (exact) mass is 210 g/mol. The minimum Gasteiger partial charge on any atom is -0.299 e. The summed E-state index contributed by atoms with van der Waals surface area (Å²) in [7, 11) is 0. The Balaban J connectivity index is 2.60. The Bertz CT molecular complexity index is 424. The number of carbonyl (C=O) groups is 1. The molecule has 0 bridgehead atoms. The minimum absolute atomic E-state index is 0.354. The largest absolute Gasteiger partial charge is 0.299 e. The van der Waals surface area contributed by atoms with Crippen LogP contribution in [0.3, 0.4) is 0 Å². The summed E-state index contributed by atoms with van der Waals surface area (Å²) in [5.74, 6) is -0.354. The SMILES string of the molecule is O=C/C=C1/CCc2c(Cl)cc(F)cc21. The second-order valence-corrected chi connectivity index (χ2v) is 3.65. The number of benzene rings is 1. The Morgan fingerprint density at radius 3 is 2.86 bits per heavy atom. The number of fused-ring (bicyclic) bond motifs is 1. The highest BCUT2D eigenvalue weighted by atomic mass is 35.5. The molecule has 1 nitrogen and oxygen atoms in total. The lowest BCUT2D eigenvalue weighted by molar-refractivity contribution is -0.104. The number of carbonyl (C=O) groups excluding carboxylic acids is 1. The quantitative estimate of drug-likeness (QED) is 0.515. The van der Waals surface area contributed by atoms with Gasteiger partial charge in [0, 0.05) is 5.02 Å². The van der Waals surface area contributed by atoms with Crippen LogP contribution in [0.4, 0.5) is 4.39 Å². The molecule has 0 aliphatic heterocycles. The molecular weight excluding hydrogens is 203 g/mol. The molecule has 3 heteroatoms. The van der Waals surface area contributed by atoms with Gasteiger partial charge in [-0.15, -0.1) is 0 Å². The van der Waals surface area contributed by atoms with Crippen LogP contribution in [0.15, 0.2) is 18.2 Å². The average Bonchev–Trinajstić information content (AvgIpc) is 2.49. The predicted octanol–water partition coefficient (Wildman–Crippen LogP) is 3.01. The number of aldehydes is 1. The summed E-state index contributed by atoms with van der Waals surface area (Å²) in [4.78, 5) is 10.3. The van der Waals surface area contributed by atoms with Gasteiger partial charge in [0.1, 0.15) is 12.1 Å². The van der Waals surface area contributed by atoms with Crippen LogP contribution < -0.4 is 0 Å². The first-order chi connectivity index (χ1) is 6.72. The van der Waals surface area contributed by atoms with E-state index in [4.69, 9.17) is 11.6 Å². The lowest BCUT2D eigenvalue weighted by Gasteiger charge is -2.02. The van der Waals surface area contributed by atoms with E-state index in [-0.39, 0.29) is 5.82 Å². The van der Waals surface area contributed by atoms with E-state index < -0.39 is 0 Å². The van der Waals surface area contributed by atoms with Crippen molar-refractivity contribution in [2.24, 2.45) is 0 Å². The number of rotatable bonds is 1. The van der Waals surface area contributed by atoms with Crippen LogP contribution in [-0.2, 0) is 11.2 Å². The minimum atomic E-state index is -0.354. The smallest absolute Gasteiger partial charge is 0.143 e. The molecule has 0 saturated carbocycles. The molecule has 14 heavy (non-hydrogen) atoms. The van der Waals surface area contributed by atoms with Crippen molar-refractivity contribution >= 4 is 23.5 Å². The molecule has 0 fully saturated rings. The zero-order chi connectivity index (χ0) is 10.1. The molecule has 0 saturated heterocycles. The molecular formula is C11H8ClFO. The molecule has 0 amide bonds. The summed E-state index contributed by atoms with van der Waals surface area (Å²) in [5, 5.41) is 0.453. The van der Waals surface area contributed by atoms with E-state index in [9.17, 15) is 9.18 Å². The Morgan fingerprint density at radius 1 is 1.36 bits per heavy atom. The fraction of sp³-hybridized carbons (Fsp3) is 0.182. The fourth-order valence-electron chi connectivity index (χ4n) is 1.79. The van der Waals surface area contributed by atoms with Crippen LogP contribution in [0.1, 0.15) is 17.5 Å². The van der Waals surface area contributed by atoms with Gasteiger partial charge in [0.15, 0.2) is 0 Å². The molecule has 72 valence electrons. The van der Waals surface area contributed by atoms with E-state index >= 15 is 0 Å². The molecule has 0 spiro atoms. The van der Waals surface area contributed by atoms with Crippen molar-refractivity contribution in [3.05, 3.63) is 40.2 Å². The van der Waals surface area contributed by atoms with Crippen molar-refractivity contribution in [2.45, 2.75) is 12.8 Å². The standard InChI is InChI=1S/C11H8ClFO/c12-11-6-8(13)5-10-7(3-4-14)1-2-9(10)11/h3-6H,1-2H2/b7-3-. The normalized spacial score (nSPS) is 17.1. The molecule has 2 rings (SSSR count). The van der Waals surface area contributed by atoms with Gasteiger partial charge in [0.25, 0.3) is 0 Å². The van der Waals surface area contributed by atoms with Crippen molar-refractivity contribution in [1.82, 2.24) is 0 Å². The van der Waals surface area contributed by atoms with Crippen molar-refractivity contribution in [3.63, 3.8) is 0 Å². The first-order valence-electron chi connectivity index (χ1n) is 4.35. The molecule has 0 N–H and O–H groups in total. The highest BCUT2D eigenvalue weighted by molar-refractivity contribution is 6.31. The molecule has 0 unspecified atom stereocenters. The molecule has 1 aliphatic rings. The third-order valence-corrected chi connectivity index (χ3v) is 2.76. The van der Waals surface area contributed by atoms with E-state index in [2.05, 4.69) is 0 Å². The van der Waals surface area contributed by atoms with Crippen molar-refractivity contribution in [3.8, 4) is 0 Å². The van der Waals surface area contributed by atoms with Crippen molar-refractivity contribution in [1.29, 1.82) is 0 Å². The van der Waals surface area contributed by atoms with Gasteiger partial charge in [-0.05, 0) is 47.8 Å². The van der Waals surface area contributed by atoms with Crippen LogP contribution in [-0.4, -0.2) is 6.29 Å². The lowest BCUT2D eigenvalue weighted by atomic mass is 10.1.